The van der Waals surface area contributed by atoms with E-state index in [-0.39, 0.29) is 5.91 Å². The lowest BCUT2D eigenvalue weighted by Crippen LogP contribution is -2.19. The molecule has 5 heteroatoms. The molecule has 0 saturated heterocycles. The summed E-state index contributed by atoms with van der Waals surface area (Å²) in [6.45, 7) is 3.50. The van der Waals surface area contributed by atoms with E-state index < -0.39 is 0 Å². The van der Waals surface area contributed by atoms with Crippen molar-refractivity contribution in [3.63, 3.8) is 0 Å². The lowest BCUT2D eigenvalue weighted by atomic mass is 10.1. The predicted molar refractivity (Wildman–Crippen MR) is 74.6 cm³/mol. The monoisotopic (exact) mass is 276 g/mol. The average molecular weight is 277 g/mol. The molecule has 19 heavy (non-hydrogen) atoms. The molecule has 0 aliphatic rings. The number of carbonyl (C=O) groups is 1. The van der Waals surface area contributed by atoms with Crippen molar-refractivity contribution in [1.82, 2.24) is 5.43 Å². The second-order valence-corrected chi connectivity index (χ2v) is 4.42. The van der Waals surface area contributed by atoms with Crippen LogP contribution in [0.2, 0.25) is 5.02 Å². The summed E-state index contributed by atoms with van der Waals surface area (Å²) in [7, 11) is 0. The highest BCUT2D eigenvalue weighted by Gasteiger charge is 2.11. The Balaban J connectivity index is 2.13. The molecule has 98 valence electrons. The first kappa shape index (κ1) is 13.4. The van der Waals surface area contributed by atoms with Gasteiger partial charge in [0.15, 0.2) is 0 Å². The Bertz CT molecular complexity index is 632. The molecule has 1 amide bonds. The highest BCUT2D eigenvalue weighted by molar-refractivity contribution is 6.34. The number of benzene rings is 1. The second kappa shape index (κ2) is 5.71. The molecule has 0 aliphatic carbocycles. The molecular formula is C14H13ClN2O2. The van der Waals surface area contributed by atoms with Crippen molar-refractivity contribution in [1.29, 1.82) is 0 Å². The van der Waals surface area contributed by atoms with E-state index >= 15 is 0 Å². The number of nitrogens with zero attached hydrogens (tertiary/aromatic N) is 1. The van der Waals surface area contributed by atoms with Crippen molar-refractivity contribution in [2.24, 2.45) is 5.10 Å². The molecule has 2 rings (SSSR count). The van der Waals surface area contributed by atoms with E-state index in [0.717, 1.165) is 5.56 Å². The van der Waals surface area contributed by atoms with Crippen LogP contribution in [0.1, 0.15) is 28.6 Å². The van der Waals surface area contributed by atoms with Crippen LogP contribution in [0, 0.1) is 6.92 Å². The summed E-state index contributed by atoms with van der Waals surface area (Å²) in [5.74, 6) is 0.251. The number of halogens is 1. The van der Waals surface area contributed by atoms with Gasteiger partial charge >= 0.3 is 0 Å². The number of hydrogen-bond donors (Lipinski definition) is 1. The van der Waals surface area contributed by atoms with E-state index in [1.54, 1.807) is 26.0 Å². The van der Waals surface area contributed by atoms with E-state index in [1.165, 1.54) is 6.26 Å². The van der Waals surface area contributed by atoms with Gasteiger partial charge in [0.1, 0.15) is 5.76 Å². The van der Waals surface area contributed by atoms with Gasteiger partial charge in [0.05, 0.1) is 17.5 Å². The van der Waals surface area contributed by atoms with Crippen LogP contribution in [0.15, 0.2) is 46.1 Å². The van der Waals surface area contributed by atoms with Gasteiger partial charge in [-0.2, -0.15) is 5.10 Å². The summed E-state index contributed by atoms with van der Waals surface area (Å²) in [5.41, 5.74) is 4.37. The molecule has 0 fully saturated rings. The van der Waals surface area contributed by atoms with Gasteiger partial charge in [0.25, 0.3) is 5.91 Å². The summed E-state index contributed by atoms with van der Waals surface area (Å²) < 4.78 is 5.07. The highest BCUT2D eigenvalue weighted by atomic mass is 35.5. The molecule has 1 aromatic heterocycles. The quantitative estimate of drug-likeness (QED) is 0.690. The summed E-state index contributed by atoms with van der Waals surface area (Å²) in [6.07, 6.45) is 1.47. The maximum Gasteiger partial charge on any atom is 0.274 e. The number of carbonyl (C=O) groups excluding carboxylic acids is 1. The normalized spacial score (nSPS) is 11.4. The SMILES string of the molecule is C/C(=N/NC(=O)c1ccoc1C)c1ccccc1Cl. The van der Waals surface area contributed by atoms with Crippen LogP contribution in [0.4, 0.5) is 0 Å². The Kier molecular flexibility index (Phi) is 4.02. The van der Waals surface area contributed by atoms with E-state index in [0.29, 0.717) is 22.1 Å². The number of amides is 1. The molecule has 0 bridgehead atoms. The zero-order valence-corrected chi connectivity index (χ0v) is 11.4. The van der Waals surface area contributed by atoms with Gasteiger partial charge in [0.2, 0.25) is 0 Å². The van der Waals surface area contributed by atoms with Crippen LogP contribution in [0.25, 0.3) is 0 Å². The summed E-state index contributed by atoms with van der Waals surface area (Å²) in [4.78, 5) is 11.8. The maximum absolute atomic E-state index is 11.8. The average Bonchev–Trinajstić information content (AvgIpc) is 2.82. The maximum atomic E-state index is 11.8. The molecule has 2 aromatic rings. The first-order valence-electron chi connectivity index (χ1n) is 5.73. The van der Waals surface area contributed by atoms with Crippen LogP contribution >= 0.6 is 11.6 Å². The van der Waals surface area contributed by atoms with Gasteiger partial charge in [-0.25, -0.2) is 5.43 Å². The van der Waals surface area contributed by atoms with Crippen molar-refractivity contribution in [2.75, 3.05) is 0 Å². The highest BCUT2D eigenvalue weighted by Crippen LogP contribution is 2.15. The van der Waals surface area contributed by atoms with Gasteiger partial charge in [-0.3, -0.25) is 4.79 Å². The number of rotatable bonds is 3. The minimum atomic E-state index is -0.308. The van der Waals surface area contributed by atoms with Crippen molar-refractivity contribution >= 4 is 23.2 Å². The molecule has 0 radical (unpaired) electrons. The van der Waals surface area contributed by atoms with Crippen LogP contribution in [0.3, 0.4) is 0 Å². The number of furan rings is 1. The zero-order chi connectivity index (χ0) is 13.8. The van der Waals surface area contributed by atoms with Gasteiger partial charge in [-0.15, -0.1) is 0 Å². The predicted octanol–water partition coefficient (Wildman–Crippen LogP) is 3.40. The van der Waals surface area contributed by atoms with Crippen LogP contribution in [0.5, 0.6) is 0 Å². The summed E-state index contributed by atoms with van der Waals surface area (Å²) >= 11 is 6.05. The lowest BCUT2D eigenvalue weighted by molar-refractivity contribution is 0.0953. The summed E-state index contributed by atoms with van der Waals surface area (Å²) in [6, 6.07) is 8.92. The van der Waals surface area contributed by atoms with Crippen LogP contribution in [-0.4, -0.2) is 11.6 Å². The number of aryl methyl sites for hydroxylation is 1. The van der Waals surface area contributed by atoms with Crippen molar-refractivity contribution in [3.8, 4) is 0 Å². The van der Waals surface area contributed by atoms with E-state index in [9.17, 15) is 4.79 Å². The number of hydrazone groups is 1. The van der Waals surface area contributed by atoms with Crippen molar-refractivity contribution in [3.05, 3.63) is 58.5 Å². The van der Waals surface area contributed by atoms with E-state index in [4.69, 9.17) is 16.0 Å². The minimum absolute atomic E-state index is 0.308. The molecule has 0 aliphatic heterocycles. The second-order valence-electron chi connectivity index (χ2n) is 4.01. The fourth-order valence-electron chi connectivity index (χ4n) is 1.63. The van der Waals surface area contributed by atoms with Crippen LogP contribution in [-0.2, 0) is 0 Å². The minimum Gasteiger partial charge on any atom is -0.469 e. The third-order valence-electron chi connectivity index (χ3n) is 2.69. The van der Waals surface area contributed by atoms with Gasteiger partial charge < -0.3 is 4.42 Å². The fraction of sp³-hybridized carbons (Fsp3) is 0.143. The Morgan fingerprint density at radius 3 is 2.63 bits per heavy atom. The molecule has 0 saturated carbocycles. The summed E-state index contributed by atoms with van der Waals surface area (Å²) in [5, 5.41) is 4.64. The molecule has 0 unspecified atom stereocenters. The van der Waals surface area contributed by atoms with Crippen LogP contribution < -0.4 is 5.43 Å². The van der Waals surface area contributed by atoms with Gasteiger partial charge in [-0.1, -0.05) is 29.8 Å². The molecule has 0 atom stereocenters. The first-order chi connectivity index (χ1) is 9.09. The Labute approximate surface area is 116 Å². The molecule has 1 N–H and O–H groups in total. The van der Waals surface area contributed by atoms with Gasteiger partial charge in [0, 0.05) is 10.6 Å². The Morgan fingerprint density at radius 2 is 2.00 bits per heavy atom. The van der Waals surface area contributed by atoms with E-state index in [1.807, 2.05) is 18.2 Å². The number of nitrogens with one attached hydrogen (secondary N) is 1. The number of hydrogen-bond acceptors (Lipinski definition) is 3. The smallest absolute Gasteiger partial charge is 0.274 e. The van der Waals surface area contributed by atoms with Crippen molar-refractivity contribution < 1.29 is 9.21 Å². The lowest BCUT2D eigenvalue weighted by Gasteiger charge is -2.04. The van der Waals surface area contributed by atoms with Crippen molar-refractivity contribution in [2.45, 2.75) is 13.8 Å². The molecule has 4 nitrogen and oxygen atoms in total. The topological polar surface area (TPSA) is 54.6 Å². The molecular weight excluding hydrogens is 264 g/mol. The first-order valence-corrected chi connectivity index (χ1v) is 6.11. The third kappa shape index (κ3) is 3.03. The van der Waals surface area contributed by atoms with E-state index in [2.05, 4.69) is 10.5 Å². The fourth-order valence-corrected chi connectivity index (χ4v) is 1.90. The Hall–Kier alpha value is -2.07. The molecule has 1 aromatic carbocycles. The van der Waals surface area contributed by atoms with Gasteiger partial charge in [-0.05, 0) is 26.0 Å². The third-order valence-corrected chi connectivity index (χ3v) is 3.02. The Morgan fingerprint density at radius 1 is 1.26 bits per heavy atom. The molecule has 0 spiro atoms. The molecule has 1 heterocycles. The largest absolute Gasteiger partial charge is 0.469 e. The zero-order valence-electron chi connectivity index (χ0n) is 10.6. The standard InChI is InChI=1S/C14H13ClN2O2/c1-9(11-5-3-4-6-13(11)15)16-17-14(18)12-7-8-19-10(12)2/h3-8H,1-2H3,(H,17,18)/b16-9-.